The number of rotatable bonds is 9. The molecular weight excluding hydrogens is 466 g/mol. The Labute approximate surface area is 200 Å². The number of hydrogen-bond donors (Lipinski definition) is 1. The molecule has 1 N–H and O–H groups in total. The molecule has 0 unspecified atom stereocenters. The van der Waals surface area contributed by atoms with Gasteiger partial charge in [-0.1, -0.05) is 0 Å². The molecule has 1 saturated heterocycles. The van der Waals surface area contributed by atoms with Crippen molar-refractivity contribution in [3.63, 3.8) is 0 Å². The van der Waals surface area contributed by atoms with E-state index in [0.29, 0.717) is 17.9 Å². The highest BCUT2D eigenvalue weighted by atomic mass is 32.1. The van der Waals surface area contributed by atoms with Crippen LogP contribution in [0, 0.1) is 6.92 Å². The molecule has 1 aromatic heterocycles. The third-order valence-corrected chi connectivity index (χ3v) is 6.23. The Morgan fingerprint density at radius 2 is 1.76 bits per heavy atom. The van der Waals surface area contributed by atoms with Crippen molar-refractivity contribution in [2.45, 2.75) is 25.9 Å². The normalized spacial score (nSPS) is 14.9. The van der Waals surface area contributed by atoms with E-state index in [1.54, 1.807) is 19.1 Å². The van der Waals surface area contributed by atoms with Gasteiger partial charge in [-0.3, -0.25) is 4.79 Å². The highest BCUT2D eigenvalue weighted by Crippen LogP contribution is 2.34. The molecule has 1 aromatic carbocycles. The van der Waals surface area contributed by atoms with Crippen LogP contribution >= 0.6 is 11.3 Å². The Kier molecular flexibility index (Phi) is 8.61. The van der Waals surface area contributed by atoms with Crippen molar-refractivity contribution in [1.82, 2.24) is 0 Å². The summed E-state index contributed by atoms with van der Waals surface area (Å²) in [5, 5.41) is 2.58. The van der Waals surface area contributed by atoms with E-state index in [-0.39, 0.29) is 27.1 Å². The molecular formula is C23H25NO9S. The first-order valence-corrected chi connectivity index (χ1v) is 11.3. The van der Waals surface area contributed by atoms with Crippen LogP contribution in [-0.2, 0) is 23.7 Å². The molecule has 2 heterocycles. The van der Waals surface area contributed by atoms with Crippen molar-refractivity contribution in [3.8, 4) is 5.75 Å². The van der Waals surface area contributed by atoms with Gasteiger partial charge in [0.05, 0.1) is 31.5 Å². The second-order valence-corrected chi connectivity index (χ2v) is 8.36. The standard InChI is InChI=1S/C23H25NO9S/c1-13-18(22(27)29-2)20(34-19(13)23(28)30-3)24-17(25)12-33-21(26)14-6-8-15(9-7-14)32-11-16-5-4-10-31-16/h6-9,16H,4-5,10-12H2,1-3H3,(H,24,25)/t16-/m1/s1. The van der Waals surface area contributed by atoms with Gasteiger partial charge >= 0.3 is 17.9 Å². The minimum absolute atomic E-state index is 0.0335. The maximum atomic E-state index is 12.4. The predicted octanol–water partition coefficient (Wildman–Crippen LogP) is 2.98. The van der Waals surface area contributed by atoms with E-state index in [0.717, 1.165) is 30.8 Å². The van der Waals surface area contributed by atoms with Crippen LogP contribution in [-0.4, -0.2) is 64.0 Å². The Bertz CT molecular complexity index is 1060. The van der Waals surface area contributed by atoms with Gasteiger partial charge in [-0.25, -0.2) is 14.4 Å². The highest BCUT2D eigenvalue weighted by Gasteiger charge is 2.27. The van der Waals surface area contributed by atoms with Gasteiger partial charge in [0.2, 0.25) is 0 Å². The van der Waals surface area contributed by atoms with Gasteiger partial charge in [0.1, 0.15) is 22.2 Å². The Hall–Kier alpha value is -3.44. The van der Waals surface area contributed by atoms with E-state index < -0.39 is 30.4 Å². The Balaban J connectivity index is 1.56. The first-order chi connectivity index (χ1) is 16.3. The SMILES string of the molecule is COC(=O)c1sc(NC(=O)COC(=O)c2ccc(OC[C@H]3CCCO3)cc2)c(C(=O)OC)c1C. The van der Waals surface area contributed by atoms with Crippen molar-refractivity contribution in [2.75, 3.05) is 39.4 Å². The molecule has 3 rings (SSSR count). The van der Waals surface area contributed by atoms with Crippen LogP contribution in [0.4, 0.5) is 5.00 Å². The summed E-state index contributed by atoms with van der Waals surface area (Å²) in [5.74, 6) is -2.17. The molecule has 0 saturated carbocycles. The molecule has 10 nitrogen and oxygen atoms in total. The quantitative estimate of drug-likeness (QED) is 0.416. The average Bonchev–Trinajstić information content (AvgIpc) is 3.48. The third kappa shape index (κ3) is 6.12. The molecule has 0 spiro atoms. The monoisotopic (exact) mass is 491 g/mol. The van der Waals surface area contributed by atoms with Crippen LogP contribution in [0.3, 0.4) is 0 Å². The van der Waals surface area contributed by atoms with Crippen LogP contribution in [0.25, 0.3) is 0 Å². The fraction of sp³-hybridized carbons (Fsp3) is 0.391. The topological polar surface area (TPSA) is 126 Å². The van der Waals surface area contributed by atoms with E-state index >= 15 is 0 Å². The minimum Gasteiger partial charge on any atom is -0.491 e. The molecule has 1 amide bonds. The number of benzene rings is 1. The smallest absolute Gasteiger partial charge is 0.348 e. The van der Waals surface area contributed by atoms with Gasteiger partial charge in [-0.2, -0.15) is 0 Å². The summed E-state index contributed by atoms with van der Waals surface area (Å²) in [6, 6.07) is 6.34. The van der Waals surface area contributed by atoms with E-state index in [1.807, 2.05) is 0 Å². The summed E-state index contributed by atoms with van der Waals surface area (Å²) < 4.78 is 25.7. The first-order valence-electron chi connectivity index (χ1n) is 10.5. The highest BCUT2D eigenvalue weighted by molar-refractivity contribution is 7.18. The van der Waals surface area contributed by atoms with Crippen LogP contribution in [0.2, 0.25) is 0 Å². The summed E-state index contributed by atoms with van der Waals surface area (Å²) in [4.78, 5) is 48.9. The molecule has 0 bridgehead atoms. The van der Waals surface area contributed by atoms with E-state index in [4.69, 9.17) is 23.7 Å². The fourth-order valence-corrected chi connectivity index (χ4v) is 4.40. The van der Waals surface area contributed by atoms with Crippen molar-refractivity contribution >= 4 is 40.2 Å². The number of amides is 1. The number of ether oxygens (including phenoxy) is 5. The van der Waals surface area contributed by atoms with E-state index in [2.05, 4.69) is 5.32 Å². The summed E-state index contributed by atoms with van der Waals surface area (Å²) in [7, 11) is 2.39. The van der Waals surface area contributed by atoms with E-state index in [9.17, 15) is 19.2 Å². The van der Waals surface area contributed by atoms with Gasteiger partial charge in [0, 0.05) is 6.61 Å². The zero-order chi connectivity index (χ0) is 24.7. The second-order valence-electron chi connectivity index (χ2n) is 7.34. The van der Waals surface area contributed by atoms with Crippen LogP contribution in [0.15, 0.2) is 24.3 Å². The number of esters is 3. The number of thiophene rings is 1. The Morgan fingerprint density at radius 1 is 1.06 bits per heavy atom. The van der Waals surface area contributed by atoms with Gasteiger partial charge in [-0.05, 0) is 49.6 Å². The largest absolute Gasteiger partial charge is 0.491 e. The second kappa shape index (κ2) is 11.6. The molecule has 1 aliphatic rings. The number of anilines is 1. The lowest BCUT2D eigenvalue weighted by Gasteiger charge is -2.11. The van der Waals surface area contributed by atoms with Gasteiger partial charge in [-0.15, -0.1) is 11.3 Å². The molecule has 1 aliphatic heterocycles. The summed E-state index contributed by atoms with van der Waals surface area (Å²) >= 11 is 0.866. The predicted molar refractivity (Wildman–Crippen MR) is 122 cm³/mol. The Morgan fingerprint density at radius 3 is 2.38 bits per heavy atom. The third-order valence-electron chi connectivity index (χ3n) is 5.04. The average molecular weight is 492 g/mol. The number of methoxy groups -OCH3 is 2. The molecule has 0 radical (unpaired) electrons. The summed E-state index contributed by atoms with van der Waals surface area (Å²) in [6.07, 6.45) is 2.07. The van der Waals surface area contributed by atoms with Gasteiger partial charge < -0.3 is 29.0 Å². The lowest BCUT2D eigenvalue weighted by Crippen LogP contribution is -2.21. The van der Waals surface area contributed by atoms with Gasteiger partial charge in [0.15, 0.2) is 6.61 Å². The van der Waals surface area contributed by atoms with Crippen molar-refractivity contribution in [3.05, 3.63) is 45.8 Å². The minimum atomic E-state index is -0.724. The van der Waals surface area contributed by atoms with Crippen molar-refractivity contribution < 1.29 is 42.9 Å². The molecule has 0 aliphatic carbocycles. The maximum absolute atomic E-state index is 12.4. The zero-order valence-electron chi connectivity index (χ0n) is 19.0. The van der Waals surface area contributed by atoms with Crippen LogP contribution < -0.4 is 10.1 Å². The number of carbonyl (C=O) groups is 4. The number of nitrogens with one attached hydrogen (secondary N) is 1. The van der Waals surface area contributed by atoms with Crippen LogP contribution in [0.1, 0.15) is 48.8 Å². The van der Waals surface area contributed by atoms with Crippen molar-refractivity contribution in [2.24, 2.45) is 0 Å². The molecule has 11 heteroatoms. The number of hydrogen-bond acceptors (Lipinski definition) is 10. The maximum Gasteiger partial charge on any atom is 0.348 e. The lowest BCUT2D eigenvalue weighted by atomic mass is 10.1. The molecule has 182 valence electrons. The first kappa shape index (κ1) is 25.2. The number of carbonyl (C=O) groups excluding carboxylic acids is 4. The molecule has 1 atom stereocenters. The lowest BCUT2D eigenvalue weighted by molar-refractivity contribution is -0.119. The van der Waals surface area contributed by atoms with Crippen LogP contribution in [0.5, 0.6) is 5.75 Å². The molecule has 2 aromatic rings. The van der Waals surface area contributed by atoms with Gasteiger partial charge in [0.25, 0.3) is 5.91 Å². The van der Waals surface area contributed by atoms with E-state index in [1.165, 1.54) is 26.4 Å². The summed E-state index contributed by atoms with van der Waals surface area (Å²) in [6.45, 7) is 2.13. The fourth-order valence-electron chi connectivity index (χ4n) is 3.27. The molecule has 1 fully saturated rings. The zero-order valence-corrected chi connectivity index (χ0v) is 19.8. The molecule has 34 heavy (non-hydrogen) atoms. The van der Waals surface area contributed by atoms with Crippen molar-refractivity contribution in [1.29, 1.82) is 0 Å². The summed E-state index contributed by atoms with van der Waals surface area (Å²) in [5.41, 5.74) is 0.594.